The van der Waals surface area contributed by atoms with Gasteiger partial charge in [0.15, 0.2) is 0 Å². The van der Waals surface area contributed by atoms with Crippen LogP contribution in [0.5, 0.6) is 5.75 Å². The van der Waals surface area contributed by atoms with Crippen LogP contribution in [0.3, 0.4) is 0 Å². The fraction of sp³-hybridized carbons (Fsp3) is 0.158. The van der Waals surface area contributed by atoms with Crippen molar-refractivity contribution in [1.82, 2.24) is 4.98 Å². The maximum atomic E-state index is 5.38. The monoisotopic (exact) mass is 275 g/mol. The van der Waals surface area contributed by atoms with Gasteiger partial charge in [0.25, 0.3) is 0 Å². The molecule has 0 aliphatic carbocycles. The lowest BCUT2D eigenvalue weighted by atomic mass is 9.98. The number of aromatic nitrogens is 1. The fourth-order valence-corrected chi connectivity index (χ4v) is 3.20. The molecule has 0 atom stereocenters. The lowest BCUT2D eigenvalue weighted by Gasteiger charge is -2.08. The van der Waals surface area contributed by atoms with Gasteiger partial charge in [0.1, 0.15) is 5.75 Å². The smallest absolute Gasteiger partial charge is 0.119 e. The molecule has 4 aromatic rings. The molecular weight excluding hydrogens is 258 g/mol. The number of fused-ring (bicyclic) bond motifs is 5. The minimum absolute atomic E-state index is 0.910. The number of benzene rings is 3. The number of hydrogen-bond acceptors (Lipinski definition) is 1. The quantitative estimate of drug-likeness (QED) is 0.544. The maximum Gasteiger partial charge on any atom is 0.119 e. The molecule has 2 heteroatoms. The number of ether oxygens (including phenoxy) is 1. The molecule has 0 fully saturated rings. The van der Waals surface area contributed by atoms with Crippen LogP contribution >= 0.6 is 0 Å². The van der Waals surface area contributed by atoms with Gasteiger partial charge in [-0.3, -0.25) is 0 Å². The normalized spacial score (nSPS) is 11.5. The third-order valence-electron chi connectivity index (χ3n) is 4.29. The van der Waals surface area contributed by atoms with Gasteiger partial charge < -0.3 is 9.72 Å². The number of methoxy groups -OCH3 is 1. The van der Waals surface area contributed by atoms with E-state index >= 15 is 0 Å². The Hall–Kier alpha value is -2.48. The molecule has 2 nitrogen and oxygen atoms in total. The summed E-state index contributed by atoms with van der Waals surface area (Å²) in [6, 6.07) is 17.1. The molecule has 0 saturated carbocycles. The van der Waals surface area contributed by atoms with Gasteiger partial charge in [-0.25, -0.2) is 0 Å². The van der Waals surface area contributed by atoms with Crippen molar-refractivity contribution in [3.63, 3.8) is 0 Å². The topological polar surface area (TPSA) is 25.0 Å². The Kier molecular flexibility index (Phi) is 2.64. The van der Waals surface area contributed by atoms with Gasteiger partial charge in [-0.1, -0.05) is 25.1 Å². The number of H-pyrrole nitrogens is 1. The van der Waals surface area contributed by atoms with Gasteiger partial charge in [0.2, 0.25) is 0 Å². The molecule has 1 N–H and O–H groups in total. The molecule has 0 aliphatic rings. The number of aromatic amines is 1. The van der Waals surface area contributed by atoms with Gasteiger partial charge in [-0.05, 0) is 47.7 Å². The van der Waals surface area contributed by atoms with Crippen LogP contribution in [0.2, 0.25) is 0 Å². The highest BCUT2D eigenvalue weighted by atomic mass is 16.5. The average Bonchev–Trinajstić information content (AvgIpc) is 2.92. The zero-order valence-electron chi connectivity index (χ0n) is 12.2. The molecule has 0 saturated heterocycles. The summed E-state index contributed by atoms with van der Waals surface area (Å²) in [5.41, 5.74) is 3.77. The summed E-state index contributed by atoms with van der Waals surface area (Å²) in [5, 5.41) is 5.14. The van der Waals surface area contributed by atoms with Gasteiger partial charge in [-0.15, -0.1) is 0 Å². The first-order valence-corrected chi connectivity index (χ1v) is 7.32. The van der Waals surface area contributed by atoms with Crippen molar-refractivity contribution in [2.45, 2.75) is 13.3 Å². The lowest BCUT2D eigenvalue weighted by molar-refractivity contribution is 0.415. The molecule has 3 aromatic carbocycles. The Morgan fingerprint density at radius 3 is 2.57 bits per heavy atom. The van der Waals surface area contributed by atoms with Crippen LogP contribution in [0.1, 0.15) is 12.5 Å². The summed E-state index contributed by atoms with van der Waals surface area (Å²) >= 11 is 0. The van der Waals surface area contributed by atoms with Crippen molar-refractivity contribution in [1.29, 1.82) is 0 Å². The standard InChI is InChI=1S/C19H17NO/c1-3-12-10-17-14-6-4-5-7-18(14)20-19(17)15-9-8-13(21-2)11-16(12)15/h4-11,20H,3H2,1-2H3. The van der Waals surface area contributed by atoms with Crippen LogP contribution in [0.25, 0.3) is 32.6 Å². The number of nitrogens with one attached hydrogen (secondary N) is 1. The van der Waals surface area contributed by atoms with E-state index in [0.29, 0.717) is 0 Å². The Balaban J connectivity index is 2.22. The first-order valence-electron chi connectivity index (χ1n) is 7.32. The molecule has 0 unspecified atom stereocenters. The van der Waals surface area contributed by atoms with E-state index in [-0.39, 0.29) is 0 Å². The fourth-order valence-electron chi connectivity index (χ4n) is 3.20. The van der Waals surface area contributed by atoms with E-state index in [2.05, 4.69) is 54.4 Å². The Morgan fingerprint density at radius 1 is 0.905 bits per heavy atom. The van der Waals surface area contributed by atoms with E-state index in [1.54, 1.807) is 7.11 Å². The van der Waals surface area contributed by atoms with Crippen LogP contribution in [0, 0.1) is 0 Å². The van der Waals surface area contributed by atoms with Gasteiger partial charge in [-0.2, -0.15) is 0 Å². The molecule has 1 aromatic heterocycles. The molecule has 0 radical (unpaired) electrons. The van der Waals surface area contributed by atoms with E-state index in [1.165, 1.54) is 38.1 Å². The second-order valence-corrected chi connectivity index (χ2v) is 5.39. The third-order valence-corrected chi connectivity index (χ3v) is 4.29. The number of aryl methyl sites for hydroxylation is 1. The van der Waals surface area contributed by atoms with Crippen LogP contribution in [-0.2, 0) is 6.42 Å². The zero-order valence-corrected chi connectivity index (χ0v) is 12.2. The molecule has 4 rings (SSSR count). The summed E-state index contributed by atoms with van der Waals surface area (Å²) in [5.74, 6) is 0.910. The maximum absolute atomic E-state index is 5.38. The predicted octanol–water partition coefficient (Wildman–Crippen LogP) is 5.05. The average molecular weight is 275 g/mol. The van der Waals surface area contributed by atoms with Crippen molar-refractivity contribution >= 4 is 32.6 Å². The minimum Gasteiger partial charge on any atom is -0.497 e. The van der Waals surface area contributed by atoms with E-state index in [0.717, 1.165) is 12.2 Å². The molecular formula is C19H17NO. The zero-order chi connectivity index (χ0) is 14.4. The highest BCUT2D eigenvalue weighted by molar-refractivity contribution is 6.18. The van der Waals surface area contributed by atoms with Crippen molar-refractivity contribution in [2.24, 2.45) is 0 Å². The van der Waals surface area contributed by atoms with Crippen molar-refractivity contribution in [3.8, 4) is 5.75 Å². The highest BCUT2D eigenvalue weighted by Crippen LogP contribution is 2.35. The lowest BCUT2D eigenvalue weighted by Crippen LogP contribution is -1.88. The molecule has 0 spiro atoms. The van der Waals surface area contributed by atoms with Crippen LogP contribution < -0.4 is 4.74 Å². The SMILES string of the molecule is CCc1cc2c3ccccc3[nH]c2c2ccc(OC)cc12. The molecule has 0 aliphatic heterocycles. The molecule has 1 heterocycles. The van der Waals surface area contributed by atoms with E-state index < -0.39 is 0 Å². The molecule has 0 amide bonds. The first-order chi connectivity index (χ1) is 10.3. The van der Waals surface area contributed by atoms with Crippen molar-refractivity contribution < 1.29 is 4.74 Å². The third kappa shape index (κ3) is 1.72. The van der Waals surface area contributed by atoms with Crippen LogP contribution in [0.15, 0.2) is 48.5 Å². The molecule has 104 valence electrons. The van der Waals surface area contributed by atoms with Gasteiger partial charge in [0.05, 0.1) is 12.6 Å². The second-order valence-electron chi connectivity index (χ2n) is 5.39. The second kappa shape index (κ2) is 4.52. The minimum atomic E-state index is 0.910. The van der Waals surface area contributed by atoms with Crippen molar-refractivity contribution in [2.75, 3.05) is 7.11 Å². The molecule has 0 bridgehead atoms. The number of hydrogen-bond donors (Lipinski definition) is 1. The van der Waals surface area contributed by atoms with Crippen LogP contribution in [-0.4, -0.2) is 12.1 Å². The van der Waals surface area contributed by atoms with Crippen LogP contribution in [0.4, 0.5) is 0 Å². The summed E-state index contributed by atoms with van der Waals surface area (Å²) < 4.78 is 5.38. The van der Waals surface area contributed by atoms with Gasteiger partial charge in [0, 0.05) is 21.7 Å². The van der Waals surface area contributed by atoms with Crippen molar-refractivity contribution in [3.05, 3.63) is 54.1 Å². The largest absolute Gasteiger partial charge is 0.497 e. The number of para-hydroxylation sites is 1. The molecule has 21 heavy (non-hydrogen) atoms. The summed E-state index contributed by atoms with van der Waals surface area (Å²) in [6.07, 6.45) is 1.01. The Bertz CT molecular complexity index is 965. The van der Waals surface area contributed by atoms with E-state index in [1.807, 2.05) is 6.07 Å². The Morgan fingerprint density at radius 2 is 1.76 bits per heavy atom. The van der Waals surface area contributed by atoms with E-state index in [4.69, 9.17) is 4.74 Å². The summed E-state index contributed by atoms with van der Waals surface area (Å²) in [4.78, 5) is 3.57. The summed E-state index contributed by atoms with van der Waals surface area (Å²) in [7, 11) is 1.72. The predicted molar refractivity (Wildman–Crippen MR) is 89.2 cm³/mol. The number of rotatable bonds is 2. The Labute approximate surface area is 123 Å². The first kappa shape index (κ1) is 12.3. The highest BCUT2D eigenvalue weighted by Gasteiger charge is 2.11. The summed E-state index contributed by atoms with van der Waals surface area (Å²) in [6.45, 7) is 2.20. The van der Waals surface area contributed by atoms with Gasteiger partial charge >= 0.3 is 0 Å². The van der Waals surface area contributed by atoms with E-state index in [9.17, 15) is 0 Å².